The number of hydrogen-bond donors (Lipinski definition) is 1. The SMILES string of the molecule is Cc1ccnc(CC(C)N(C)C(=O)c2ccc3nc(C)[nH]c3c2)c1. The normalized spacial score (nSPS) is 12.3. The molecule has 5 nitrogen and oxygen atoms in total. The van der Waals surface area contributed by atoms with Crippen molar-refractivity contribution in [3.05, 3.63) is 59.2 Å². The maximum atomic E-state index is 12.8. The average Bonchev–Trinajstić information content (AvgIpc) is 2.92. The Labute approximate surface area is 141 Å². The van der Waals surface area contributed by atoms with E-state index in [1.54, 1.807) is 4.90 Å². The summed E-state index contributed by atoms with van der Waals surface area (Å²) in [5, 5.41) is 0. The number of fused-ring (bicyclic) bond motifs is 1. The molecule has 1 unspecified atom stereocenters. The molecule has 3 aromatic rings. The molecule has 2 aromatic heterocycles. The molecule has 0 aliphatic heterocycles. The van der Waals surface area contributed by atoms with Crippen LogP contribution in [0.25, 0.3) is 11.0 Å². The van der Waals surface area contributed by atoms with Crippen molar-refractivity contribution in [2.24, 2.45) is 0 Å². The number of aryl methyl sites for hydroxylation is 2. The van der Waals surface area contributed by atoms with Gasteiger partial charge in [-0.05, 0) is 56.7 Å². The highest BCUT2D eigenvalue weighted by Gasteiger charge is 2.19. The van der Waals surface area contributed by atoms with Crippen LogP contribution >= 0.6 is 0 Å². The smallest absolute Gasteiger partial charge is 0.253 e. The zero-order valence-electron chi connectivity index (χ0n) is 14.5. The molecular weight excluding hydrogens is 300 g/mol. The third kappa shape index (κ3) is 3.30. The summed E-state index contributed by atoms with van der Waals surface area (Å²) in [5.74, 6) is 0.853. The standard InChI is InChI=1S/C19H22N4O/c1-12-7-8-20-16(9-12)10-13(2)23(4)19(24)15-5-6-17-18(11-15)22-14(3)21-17/h5-9,11,13H,10H2,1-4H3,(H,21,22). The van der Waals surface area contributed by atoms with Crippen LogP contribution in [0, 0.1) is 13.8 Å². The maximum Gasteiger partial charge on any atom is 0.253 e. The number of nitrogens with zero attached hydrogens (tertiary/aromatic N) is 3. The van der Waals surface area contributed by atoms with Gasteiger partial charge in [-0.15, -0.1) is 0 Å². The summed E-state index contributed by atoms with van der Waals surface area (Å²) in [6, 6.07) is 9.68. The molecule has 2 heterocycles. The molecule has 0 saturated heterocycles. The molecule has 0 aliphatic carbocycles. The highest BCUT2D eigenvalue weighted by molar-refractivity contribution is 5.97. The van der Waals surface area contributed by atoms with E-state index >= 15 is 0 Å². The van der Waals surface area contributed by atoms with Crippen LogP contribution in [0.5, 0.6) is 0 Å². The number of hydrogen-bond acceptors (Lipinski definition) is 3. The quantitative estimate of drug-likeness (QED) is 0.802. The van der Waals surface area contributed by atoms with Crippen molar-refractivity contribution in [3.63, 3.8) is 0 Å². The molecule has 1 N–H and O–H groups in total. The van der Waals surface area contributed by atoms with E-state index in [1.165, 1.54) is 5.56 Å². The van der Waals surface area contributed by atoms with E-state index in [0.29, 0.717) is 5.56 Å². The third-order valence-electron chi connectivity index (χ3n) is 4.31. The fraction of sp³-hybridized carbons (Fsp3) is 0.316. The molecule has 5 heteroatoms. The van der Waals surface area contributed by atoms with Gasteiger partial charge in [0.15, 0.2) is 0 Å². The predicted molar refractivity (Wildman–Crippen MR) is 95.1 cm³/mol. The Hall–Kier alpha value is -2.69. The molecule has 24 heavy (non-hydrogen) atoms. The Balaban J connectivity index is 1.76. The van der Waals surface area contributed by atoms with Crippen LogP contribution in [0.2, 0.25) is 0 Å². The number of likely N-dealkylation sites (N-methyl/N-ethyl adjacent to an activating group) is 1. The van der Waals surface area contributed by atoms with E-state index in [0.717, 1.165) is 29.0 Å². The lowest BCUT2D eigenvalue weighted by Crippen LogP contribution is -2.36. The van der Waals surface area contributed by atoms with Crippen molar-refractivity contribution < 1.29 is 4.79 Å². The van der Waals surface area contributed by atoms with Crippen LogP contribution in [-0.2, 0) is 6.42 Å². The van der Waals surface area contributed by atoms with Crippen molar-refractivity contribution in [2.75, 3.05) is 7.05 Å². The molecule has 0 radical (unpaired) electrons. The lowest BCUT2D eigenvalue weighted by atomic mass is 10.1. The molecule has 1 atom stereocenters. The van der Waals surface area contributed by atoms with Gasteiger partial charge in [0.05, 0.1) is 11.0 Å². The van der Waals surface area contributed by atoms with Gasteiger partial charge in [-0.3, -0.25) is 9.78 Å². The summed E-state index contributed by atoms with van der Waals surface area (Å²) in [6.45, 7) is 6.00. The van der Waals surface area contributed by atoms with Crippen LogP contribution in [0.4, 0.5) is 0 Å². The van der Waals surface area contributed by atoms with E-state index in [1.807, 2.05) is 58.3 Å². The number of aromatic nitrogens is 3. The Morgan fingerprint density at radius 1 is 1.25 bits per heavy atom. The number of nitrogens with one attached hydrogen (secondary N) is 1. The largest absolute Gasteiger partial charge is 0.342 e. The summed E-state index contributed by atoms with van der Waals surface area (Å²) in [7, 11) is 1.84. The van der Waals surface area contributed by atoms with Gasteiger partial charge in [0.1, 0.15) is 5.82 Å². The zero-order valence-corrected chi connectivity index (χ0v) is 14.5. The second-order valence-corrected chi connectivity index (χ2v) is 6.35. The maximum absolute atomic E-state index is 12.8. The first-order valence-corrected chi connectivity index (χ1v) is 8.09. The summed E-state index contributed by atoms with van der Waals surface area (Å²) in [4.78, 5) is 26.5. The number of amides is 1. The molecule has 0 saturated carbocycles. The lowest BCUT2D eigenvalue weighted by molar-refractivity contribution is 0.0743. The van der Waals surface area contributed by atoms with E-state index in [2.05, 4.69) is 21.0 Å². The first-order valence-electron chi connectivity index (χ1n) is 8.09. The summed E-state index contributed by atoms with van der Waals surface area (Å²) in [5.41, 5.74) is 4.62. The summed E-state index contributed by atoms with van der Waals surface area (Å²) < 4.78 is 0. The van der Waals surface area contributed by atoms with Crippen molar-refractivity contribution >= 4 is 16.9 Å². The van der Waals surface area contributed by atoms with Gasteiger partial charge in [0, 0.05) is 37.0 Å². The van der Waals surface area contributed by atoms with Crippen molar-refractivity contribution in [1.29, 1.82) is 0 Å². The Morgan fingerprint density at radius 2 is 2.04 bits per heavy atom. The first kappa shape index (κ1) is 16.2. The minimum Gasteiger partial charge on any atom is -0.342 e. The number of benzene rings is 1. The van der Waals surface area contributed by atoms with Crippen molar-refractivity contribution in [2.45, 2.75) is 33.2 Å². The summed E-state index contributed by atoms with van der Waals surface area (Å²) >= 11 is 0. The fourth-order valence-electron chi connectivity index (χ4n) is 2.82. The number of pyridine rings is 1. The average molecular weight is 322 g/mol. The fourth-order valence-corrected chi connectivity index (χ4v) is 2.82. The molecule has 124 valence electrons. The van der Waals surface area contributed by atoms with E-state index in [-0.39, 0.29) is 11.9 Å². The number of H-pyrrole nitrogens is 1. The second-order valence-electron chi connectivity index (χ2n) is 6.35. The lowest BCUT2D eigenvalue weighted by Gasteiger charge is -2.25. The number of rotatable bonds is 4. The number of carbonyl (C=O) groups is 1. The van der Waals surface area contributed by atoms with Gasteiger partial charge in [-0.2, -0.15) is 0 Å². The van der Waals surface area contributed by atoms with E-state index < -0.39 is 0 Å². The Morgan fingerprint density at radius 3 is 2.79 bits per heavy atom. The molecule has 1 amide bonds. The van der Waals surface area contributed by atoms with Gasteiger partial charge in [-0.1, -0.05) is 0 Å². The molecule has 0 fully saturated rings. The van der Waals surface area contributed by atoms with Gasteiger partial charge in [0.25, 0.3) is 5.91 Å². The van der Waals surface area contributed by atoms with Crippen molar-refractivity contribution in [3.8, 4) is 0 Å². The molecule has 0 aliphatic rings. The summed E-state index contributed by atoms with van der Waals surface area (Å²) in [6.07, 6.45) is 2.54. The minimum absolute atomic E-state index is 0.00399. The first-order chi connectivity index (χ1) is 11.4. The van der Waals surface area contributed by atoms with Gasteiger partial charge in [-0.25, -0.2) is 4.98 Å². The van der Waals surface area contributed by atoms with E-state index in [9.17, 15) is 4.79 Å². The highest BCUT2D eigenvalue weighted by Crippen LogP contribution is 2.16. The van der Waals surface area contributed by atoms with Crippen molar-refractivity contribution in [1.82, 2.24) is 19.9 Å². The minimum atomic E-state index is 0.00399. The van der Waals surface area contributed by atoms with Crippen LogP contribution in [-0.4, -0.2) is 38.8 Å². The van der Waals surface area contributed by atoms with Crippen LogP contribution in [0.1, 0.15) is 34.4 Å². The molecule has 0 bridgehead atoms. The van der Waals surface area contributed by atoms with Gasteiger partial charge >= 0.3 is 0 Å². The molecular formula is C19H22N4O. The van der Waals surface area contributed by atoms with Crippen LogP contribution < -0.4 is 0 Å². The van der Waals surface area contributed by atoms with Crippen LogP contribution in [0.15, 0.2) is 36.5 Å². The van der Waals surface area contributed by atoms with Gasteiger partial charge < -0.3 is 9.88 Å². The number of carbonyl (C=O) groups excluding carboxylic acids is 1. The predicted octanol–water partition coefficient (Wildman–Crippen LogP) is 3.28. The van der Waals surface area contributed by atoms with Crippen LogP contribution in [0.3, 0.4) is 0 Å². The zero-order chi connectivity index (χ0) is 17.3. The number of aromatic amines is 1. The number of imidazole rings is 1. The molecule has 1 aromatic carbocycles. The monoisotopic (exact) mass is 322 g/mol. The topological polar surface area (TPSA) is 61.9 Å². The molecule has 3 rings (SSSR count). The Bertz CT molecular complexity index is 884. The second kappa shape index (κ2) is 6.43. The Kier molecular flexibility index (Phi) is 4.34. The molecule has 0 spiro atoms. The van der Waals surface area contributed by atoms with E-state index in [4.69, 9.17) is 0 Å². The van der Waals surface area contributed by atoms with Gasteiger partial charge in [0.2, 0.25) is 0 Å². The third-order valence-corrected chi connectivity index (χ3v) is 4.31. The highest BCUT2D eigenvalue weighted by atomic mass is 16.2.